The molecule has 242 valence electrons. The van der Waals surface area contributed by atoms with Crippen LogP contribution in [-0.4, -0.2) is 4.98 Å². The summed E-state index contributed by atoms with van der Waals surface area (Å²) in [5.74, 6) is 0. The summed E-state index contributed by atoms with van der Waals surface area (Å²) in [7, 11) is 0. The Balaban J connectivity index is 0.961. The fourth-order valence-corrected chi connectivity index (χ4v) is 10.4. The zero-order valence-corrected chi connectivity index (χ0v) is 29.6. The van der Waals surface area contributed by atoms with Gasteiger partial charge in [-0.15, -0.1) is 22.7 Å². The normalized spacial score (nSPS) is 11.8. The van der Waals surface area contributed by atoms with Gasteiger partial charge in [-0.1, -0.05) is 121 Å². The first-order valence-electron chi connectivity index (χ1n) is 17.6. The van der Waals surface area contributed by atoms with Crippen LogP contribution in [0.3, 0.4) is 0 Å². The third kappa shape index (κ3) is 4.78. The number of fused-ring (bicyclic) bond motifs is 8. The molecular formula is C49H29NS2. The molecule has 8 aromatic carbocycles. The fourth-order valence-electron chi connectivity index (χ4n) is 7.89. The van der Waals surface area contributed by atoms with Gasteiger partial charge < -0.3 is 0 Å². The Morgan fingerprint density at radius 2 is 0.731 bits per heavy atom. The maximum absolute atomic E-state index is 4.74. The Morgan fingerprint density at radius 3 is 1.23 bits per heavy atom. The van der Waals surface area contributed by atoms with E-state index >= 15 is 0 Å². The zero-order chi connectivity index (χ0) is 34.2. The first kappa shape index (κ1) is 29.6. The van der Waals surface area contributed by atoms with Crippen LogP contribution in [0.1, 0.15) is 0 Å². The Bertz CT molecular complexity index is 2990. The highest BCUT2D eigenvalue weighted by atomic mass is 32.1. The lowest BCUT2D eigenvalue weighted by Crippen LogP contribution is -1.86. The number of hydrogen-bond donors (Lipinski definition) is 0. The second kappa shape index (κ2) is 11.7. The van der Waals surface area contributed by atoms with E-state index in [1.54, 1.807) is 0 Å². The first-order valence-corrected chi connectivity index (χ1v) is 19.2. The molecular weight excluding hydrogens is 667 g/mol. The summed E-state index contributed by atoms with van der Waals surface area (Å²) in [6.07, 6.45) is 3.97. The van der Waals surface area contributed by atoms with Crippen LogP contribution in [0, 0.1) is 0 Å². The van der Waals surface area contributed by atoms with Crippen LogP contribution < -0.4 is 0 Å². The third-order valence-corrected chi connectivity index (χ3v) is 13.0. The predicted molar refractivity (Wildman–Crippen MR) is 227 cm³/mol. The molecule has 0 aliphatic heterocycles. The number of pyridine rings is 1. The summed E-state index contributed by atoms with van der Waals surface area (Å²) in [4.78, 5) is 4.74. The maximum Gasteiger partial charge on any atom is 0.0433 e. The molecule has 0 radical (unpaired) electrons. The van der Waals surface area contributed by atoms with Gasteiger partial charge in [0.05, 0.1) is 0 Å². The highest BCUT2D eigenvalue weighted by Gasteiger charge is 2.13. The fraction of sp³-hybridized carbons (Fsp3) is 0. The van der Waals surface area contributed by atoms with E-state index in [0.717, 1.165) is 11.1 Å². The number of rotatable bonds is 4. The zero-order valence-electron chi connectivity index (χ0n) is 28.0. The van der Waals surface area contributed by atoms with Crippen LogP contribution in [-0.2, 0) is 0 Å². The van der Waals surface area contributed by atoms with Crippen molar-refractivity contribution in [3.8, 4) is 44.5 Å². The summed E-state index contributed by atoms with van der Waals surface area (Å²) in [5.41, 5.74) is 9.62. The topological polar surface area (TPSA) is 12.9 Å². The molecule has 0 fully saturated rings. The molecule has 0 amide bonds. The van der Waals surface area contributed by atoms with Gasteiger partial charge in [-0.3, -0.25) is 4.98 Å². The molecule has 0 bridgehead atoms. The van der Waals surface area contributed by atoms with Crippen molar-refractivity contribution in [2.75, 3.05) is 0 Å². The molecule has 0 saturated carbocycles. The van der Waals surface area contributed by atoms with E-state index in [-0.39, 0.29) is 0 Å². The lowest BCUT2D eigenvalue weighted by molar-refractivity contribution is 1.33. The van der Waals surface area contributed by atoms with E-state index in [2.05, 4.69) is 164 Å². The van der Waals surface area contributed by atoms with Crippen LogP contribution in [0.5, 0.6) is 0 Å². The van der Waals surface area contributed by atoms with Crippen LogP contribution in [0.2, 0.25) is 0 Å². The molecule has 1 nitrogen and oxygen atoms in total. The molecule has 3 heterocycles. The Morgan fingerprint density at radius 1 is 0.308 bits per heavy atom. The average molecular weight is 696 g/mol. The minimum absolute atomic E-state index is 1.11. The van der Waals surface area contributed by atoms with Gasteiger partial charge in [0.1, 0.15) is 0 Å². The van der Waals surface area contributed by atoms with Gasteiger partial charge >= 0.3 is 0 Å². The van der Waals surface area contributed by atoms with Gasteiger partial charge in [-0.2, -0.15) is 0 Å². The van der Waals surface area contributed by atoms with Gasteiger partial charge in [0.2, 0.25) is 0 Å². The molecule has 3 aromatic heterocycles. The average Bonchev–Trinajstić information content (AvgIpc) is 3.79. The monoisotopic (exact) mass is 695 g/mol. The Hall–Kier alpha value is -6.13. The number of hydrogen-bond acceptors (Lipinski definition) is 3. The van der Waals surface area contributed by atoms with Crippen molar-refractivity contribution < 1.29 is 0 Å². The van der Waals surface area contributed by atoms with Crippen molar-refractivity contribution in [3.63, 3.8) is 0 Å². The molecule has 0 unspecified atom stereocenters. The van der Waals surface area contributed by atoms with E-state index in [0.29, 0.717) is 0 Å². The second-order valence-electron chi connectivity index (χ2n) is 13.6. The third-order valence-electron chi connectivity index (χ3n) is 10.5. The smallest absolute Gasteiger partial charge is 0.0433 e. The van der Waals surface area contributed by atoms with Crippen LogP contribution >= 0.6 is 22.7 Å². The van der Waals surface area contributed by atoms with E-state index in [1.807, 2.05) is 35.1 Å². The first-order chi connectivity index (χ1) is 25.7. The second-order valence-corrected chi connectivity index (χ2v) is 15.7. The summed E-state index contributed by atoms with van der Waals surface area (Å²) in [6, 6.07) is 60.3. The standard InChI is InChI=1S/C49H29NS2/c1-3-13-46-42(7-1)44-11-5-9-40(48(44)51-46)34-21-17-30-15-19-32(23-36(30)25-34)38-27-39(29-50-28-38)33-20-16-31-18-22-35(26-37(31)24-33)41-10-6-12-45-43-8-2-4-14-47(43)52-49(41)45/h1-29H. The largest absolute Gasteiger partial charge is 0.263 e. The molecule has 0 atom stereocenters. The minimum Gasteiger partial charge on any atom is -0.263 e. The maximum atomic E-state index is 4.74. The van der Waals surface area contributed by atoms with Crippen molar-refractivity contribution in [2.45, 2.75) is 0 Å². The quantitative estimate of drug-likeness (QED) is 0.179. The molecule has 0 aliphatic carbocycles. The summed E-state index contributed by atoms with van der Waals surface area (Å²) < 4.78 is 5.35. The van der Waals surface area contributed by atoms with Crippen molar-refractivity contribution >= 4 is 84.6 Å². The molecule has 52 heavy (non-hydrogen) atoms. The van der Waals surface area contributed by atoms with Gasteiger partial charge in [-0.05, 0) is 97.4 Å². The Kier molecular flexibility index (Phi) is 6.66. The predicted octanol–water partition coefficient (Wildman–Crippen LogP) is 14.8. The van der Waals surface area contributed by atoms with Gasteiger partial charge in [0, 0.05) is 63.9 Å². The molecule has 11 aromatic rings. The van der Waals surface area contributed by atoms with Crippen molar-refractivity contribution in [1.29, 1.82) is 0 Å². The van der Waals surface area contributed by atoms with E-state index < -0.39 is 0 Å². The minimum atomic E-state index is 1.11. The van der Waals surface area contributed by atoms with E-state index in [4.69, 9.17) is 4.98 Å². The van der Waals surface area contributed by atoms with Crippen molar-refractivity contribution in [1.82, 2.24) is 4.98 Å². The highest BCUT2D eigenvalue weighted by molar-refractivity contribution is 7.26. The molecule has 0 N–H and O–H groups in total. The van der Waals surface area contributed by atoms with Gasteiger partial charge in [0.25, 0.3) is 0 Å². The molecule has 0 saturated heterocycles. The number of aromatic nitrogens is 1. The van der Waals surface area contributed by atoms with Crippen LogP contribution in [0.25, 0.3) is 106 Å². The lowest BCUT2D eigenvalue weighted by atomic mass is 9.95. The summed E-state index contributed by atoms with van der Waals surface area (Å²) in [6.45, 7) is 0. The highest BCUT2D eigenvalue weighted by Crippen LogP contribution is 2.42. The summed E-state index contributed by atoms with van der Waals surface area (Å²) in [5, 5.41) is 10.2. The summed E-state index contributed by atoms with van der Waals surface area (Å²) >= 11 is 3.76. The van der Waals surface area contributed by atoms with Gasteiger partial charge in [-0.25, -0.2) is 0 Å². The number of benzene rings is 8. The van der Waals surface area contributed by atoms with Crippen molar-refractivity contribution in [2.24, 2.45) is 0 Å². The number of thiophene rings is 2. The molecule has 3 heteroatoms. The van der Waals surface area contributed by atoms with E-state index in [9.17, 15) is 0 Å². The van der Waals surface area contributed by atoms with Crippen LogP contribution in [0.4, 0.5) is 0 Å². The molecule has 11 rings (SSSR count). The van der Waals surface area contributed by atoms with Gasteiger partial charge in [0.15, 0.2) is 0 Å². The Labute approximate surface area is 308 Å². The lowest BCUT2D eigenvalue weighted by Gasteiger charge is -2.10. The molecule has 0 spiro atoms. The SMILES string of the molecule is c1ccc2c(c1)sc1c(-c3ccc4ccc(-c5cncc(-c6ccc7ccc(-c8cccc9c8sc8ccccc89)cc7c6)c5)cc4c3)cccc12. The van der Waals surface area contributed by atoms with E-state index in [1.165, 1.54) is 95.3 Å². The van der Waals surface area contributed by atoms with Crippen LogP contribution in [0.15, 0.2) is 176 Å². The molecule has 0 aliphatic rings. The number of nitrogens with zero attached hydrogens (tertiary/aromatic N) is 1. The van der Waals surface area contributed by atoms with Crippen molar-refractivity contribution in [3.05, 3.63) is 176 Å².